The summed E-state index contributed by atoms with van der Waals surface area (Å²) < 4.78 is 0. The van der Waals surface area contributed by atoms with E-state index in [-0.39, 0.29) is 0 Å². The molecular weight excluding hydrogens is 186 g/mol. The Labute approximate surface area is 95.0 Å². The molecule has 1 aliphatic heterocycles. The number of likely N-dealkylation sites (N-methyl/N-ethyl adjacent to an activating group) is 2. The summed E-state index contributed by atoms with van der Waals surface area (Å²) in [6, 6.07) is 0. The van der Waals surface area contributed by atoms with Crippen molar-refractivity contribution < 1.29 is 0 Å². The minimum Gasteiger partial charge on any atom is -0.308 e. The van der Waals surface area contributed by atoms with E-state index in [4.69, 9.17) is 0 Å². The lowest BCUT2D eigenvalue weighted by molar-refractivity contribution is 0.190. The summed E-state index contributed by atoms with van der Waals surface area (Å²) in [4.78, 5) is 7.29. The van der Waals surface area contributed by atoms with E-state index in [9.17, 15) is 0 Å². The molecule has 3 nitrogen and oxygen atoms in total. The monoisotopic (exact) mass is 213 g/mol. The van der Waals surface area contributed by atoms with Crippen molar-refractivity contribution in [2.45, 2.75) is 19.3 Å². The van der Waals surface area contributed by atoms with Gasteiger partial charge in [-0.15, -0.1) is 0 Å². The van der Waals surface area contributed by atoms with E-state index < -0.39 is 0 Å². The summed E-state index contributed by atoms with van der Waals surface area (Å²) in [5, 5.41) is 0. The van der Waals surface area contributed by atoms with Crippen LogP contribution in [-0.4, -0.2) is 75.1 Å². The first kappa shape index (κ1) is 12.9. The first-order valence-electron chi connectivity index (χ1n) is 6.24. The minimum atomic E-state index is 1.16. The van der Waals surface area contributed by atoms with Crippen molar-refractivity contribution in [3.63, 3.8) is 0 Å². The molecule has 1 rings (SSSR count). The van der Waals surface area contributed by atoms with Gasteiger partial charge >= 0.3 is 0 Å². The van der Waals surface area contributed by atoms with Gasteiger partial charge in [0.2, 0.25) is 0 Å². The molecule has 0 unspecified atom stereocenters. The molecule has 0 atom stereocenters. The van der Waals surface area contributed by atoms with Gasteiger partial charge in [-0.05, 0) is 47.1 Å². The summed E-state index contributed by atoms with van der Waals surface area (Å²) in [5.74, 6) is 0. The van der Waals surface area contributed by atoms with Crippen LogP contribution in [0.2, 0.25) is 0 Å². The van der Waals surface area contributed by atoms with Crippen molar-refractivity contribution in [2.24, 2.45) is 0 Å². The van der Waals surface area contributed by atoms with Crippen LogP contribution in [0.1, 0.15) is 19.3 Å². The fraction of sp³-hybridized carbons (Fsp3) is 1.00. The van der Waals surface area contributed by atoms with E-state index in [0.29, 0.717) is 0 Å². The molecule has 1 saturated heterocycles. The molecule has 0 aromatic rings. The highest BCUT2D eigenvalue weighted by Crippen LogP contribution is 2.07. The fourth-order valence-corrected chi connectivity index (χ4v) is 1.98. The summed E-state index contributed by atoms with van der Waals surface area (Å²) in [7, 11) is 6.50. The highest BCUT2D eigenvalue weighted by atomic mass is 15.2. The maximum Gasteiger partial charge on any atom is 0.0109 e. The van der Waals surface area contributed by atoms with Gasteiger partial charge in [0.1, 0.15) is 0 Å². The predicted molar refractivity (Wildman–Crippen MR) is 66.3 cm³/mol. The molecule has 1 fully saturated rings. The van der Waals surface area contributed by atoms with Crippen molar-refractivity contribution >= 4 is 0 Å². The maximum absolute atomic E-state index is 2.61. The minimum absolute atomic E-state index is 1.16. The van der Waals surface area contributed by atoms with Crippen LogP contribution < -0.4 is 0 Å². The second-order valence-electron chi connectivity index (χ2n) is 5.01. The Kier molecular flexibility index (Phi) is 6.22. The zero-order valence-corrected chi connectivity index (χ0v) is 10.7. The summed E-state index contributed by atoms with van der Waals surface area (Å²) in [6.45, 7) is 7.46. The average molecular weight is 213 g/mol. The molecule has 0 bridgehead atoms. The van der Waals surface area contributed by atoms with Gasteiger partial charge in [0.05, 0.1) is 0 Å². The SMILES string of the molecule is CN(C)CCN(C)CCN1CCCCC1. The third kappa shape index (κ3) is 6.13. The molecular formula is C12H27N3. The Balaban J connectivity index is 2.02. The third-order valence-electron chi connectivity index (χ3n) is 3.18. The van der Waals surface area contributed by atoms with Crippen molar-refractivity contribution in [1.29, 1.82) is 0 Å². The second-order valence-corrected chi connectivity index (χ2v) is 5.01. The maximum atomic E-state index is 2.61. The first-order chi connectivity index (χ1) is 7.18. The van der Waals surface area contributed by atoms with E-state index in [1.54, 1.807) is 0 Å². The first-order valence-corrected chi connectivity index (χ1v) is 6.24. The van der Waals surface area contributed by atoms with Crippen molar-refractivity contribution in [3.8, 4) is 0 Å². The van der Waals surface area contributed by atoms with E-state index >= 15 is 0 Å². The van der Waals surface area contributed by atoms with Crippen molar-refractivity contribution in [3.05, 3.63) is 0 Å². The van der Waals surface area contributed by atoms with E-state index in [1.165, 1.54) is 52.0 Å². The lowest BCUT2D eigenvalue weighted by Crippen LogP contribution is -2.38. The largest absolute Gasteiger partial charge is 0.308 e. The van der Waals surface area contributed by atoms with Crippen LogP contribution in [0.15, 0.2) is 0 Å². The third-order valence-corrected chi connectivity index (χ3v) is 3.18. The molecule has 0 aromatic carbocycles. The quantitative estimate of drug-likeness (QED) is 0.651. The summed E-state index contributed by atoms with van der Waals surface area (Å²) in [5.41, 5.74) is 0. The van der Waals surface area contributed by atoms with Gasteiger partial charge in [0.15, 0.2) is 0 Å². The number of hydrogen-bond donors (Lipinski definition) is 0. The number of hydrogen-bond acceptors (Lipinski definition) is 3. The molecule has 0 saturated carbocycles. The van der Waals surface area contributed by atoms with E-state index in [0.717, 1.165) is 6.54 Å². The van der Waals surface area contributed by atoms with Crippen LogP contribution in [0.25, 0.3) is 0 Å². The molecule has 1 aliphatic rings. The van der Waals surface area contributed by atoms with Gasteiger partial charge in [-0.2, -0.15) is 0 Å². The van der Waals surface area contributed by atoms with Gasteiger partial charge in [-0.1, -0.05) is 6.42 Å². The molecule has 0 aromatic heterocycles. The highest BCUT2D eigenvalue weighted by molar-refractivity contribution is 4.66. The van der Waals surface area contributed by atoms with Crippen molar-refractivity contribution in [1.82, 2.24) is 14.7 Å². The Morgan fingerprint density at radius 3 is 2.13 bits per heavy atom. The van der Waals surface area contributed by atoms with E-state index in [1.807, 2.05) is 0 Å². The zero-order chi connectivity index (χ0) is 11.1. The Bertz CT molecular complexity index is 153. The molecule has 90 valence electrons. The van der Waals surface area contributed by atoms with E-state index in [2.05, 4.69) is 35.8 Å². The number of nitrogens with zero attached hydrogens (tertiary/aromatic N) is 3. The van der Waals surface area contributed by atoms with Crippen molar-refractivity contribution in [2.75, 3.05) is 60.4 Å². The molecule has 0 N–H and O–H groups in total. The van der Waals surface area contributed by atoms with Gasteiger partial charge in [-0.3, -0.25) is 0 Å². The lowest BCUT2D eigenvalue weighted by Gasteiger charge is -2.28. The van der Waals surface area contributed by atoms with Crippen LogP contribution in [-0.2, 0) is 0 Å². The molecule has 15 heavy (non-hydrogen) atoms. The Morgan fingerprint density at radius 2 is 1.53 bits per heavy atom. The fourth-order valence-electron chi connectivity index (χ4n) is 1.98. The molecule has 3 heteroatoms. The van der Waals surface area contributed by atoms with Gasteiger partial charge in [0.25, 0.3) is 0 Å². The van der Waals surface area contributed by atoms with Crippen LogP contribution in [0.3, 0.4) is 0 Å². The second kappa shape index (κ2) is 7.20. The van der Waals surface area contributed by atoms with Gasteiger partial charge < -0.3 is 14.7 Å². The summed E-state index contributed by atoms with van der Waals surface area (Å²) in [6.07, 6.45) is 4.25. The van der Waals surface area contributed by atoms with Crippen LogP contribution >= 0.6 is 0 Å². The zero-order valence-electron chi connectivity index (χ0n) is 10.7. The Morgan fingerprint density at radius 1 is 0.867 bits per heavy atom. The number of piperidine rings is 1. The smallest absolute Gasteiger partial charge is 0.0109 e. The van der Waals surface area contributed by atoms with Gasteiger partial charge in [-0.25, -0.2) is 0 Å². The predicted octanol–water partition coefficient (Wildman–Crippen LogP) is 0.966. The van der Waals surface area contributed by atoms with Gasteiger partial charge in [0, 0.05) is 26.2 Å². The molecule has 0 radical (unpaired) electrons. The van der Waals surface area contributed by atoms with Crippen LogP contribution in [0.5, 0.6) is 0 Å². The molecule has 0 amide bonds. The van der Waals surface area contributed by atoms with Crippen LogP contribution in [0.4, 0.5) is 0 Å². The molecule has 0 spiro atoms. The molecule has 0 aliphatic carbocycles. The lowest BCUT2D eigenvalue weighted by atomic mass is 10.1. The van der Waals surface area contributed by atoms with Crippen LogP contribution in [0, 0.1) is 0 Å². The topological polar surface area (TPSA) is 9.72 Å². The summed E-state index contributed by atoms with van der Waals surface area (Å²) >= 11 is 0. The highest BCUT2D eigenvalue weighted by Gasteiger charge is 2.10. The average Bonchev–Trinajstić information content (AvgIpc) is 2.25. The standard InChI is InChI=1S/C12H27N3/c1-13(2)9-10-14(3)11-12-15-7-5-4-6-8-15/h4-12H2,1-3H3. The Hall–Kier alpha value is -0.120. The normalized spacial score (nSPS) is 19.0. The number of rotatable bonds is 6. The number of likely N-dealkylation sites (tertiary alicyclic amines) is 1. The molecule has 1 heterocycles.